The lowest BCUT2D eigenvalue weighted by molar-refractivity contribution is -0.116. The third-order valence-corrected chi connectivity index (χ3v) is 2.58. The number of benzene rings is 1. The zero-order valence-corrected chi connectivity index (χ0v) is 10.4. The van der Waals surface area contributed by atoms with E-state index >= 15 is 0 Å². The molecule has 1 aromatic rings. The molecule has 0 aliphatic heterocycles. The zero-order chi connectivity index (χ0) is 11.3. The fourth-order valence-electron chi connectivity index (χ4n) is 1.16. The molecule has 82 valence electrons. The van der Waals surface area contributed by atoms with Crippen molar-refractivity contribution < 1.29 is 9.53 Å². The van der Waals surface area contributed by atoms with Gasteiger partial charge < -0.3 is 10.1 Å². The summed E-state index contributed by atoms with van der Waals surface area (Å²) in [6, 6.07) is 5.45. The van der Waals surface area contributed by atoms with Gasteiger partial charge in [-0.25, -0.2) is 0 Å². The number of ether oxygens (including phenoxy) is 1. The Hall–Kier alpha value is -1.03. The van der Waals surface area contributed by atoms with Crippen LogP contribution in [0.25, 0.3) is 0 Å². The van der Waals surface area contributed by atoms with E-state index < -0.39 is 0 Å². The van der Waals surface area contributed by atoms with Gasteiger partial charge in [0.2, 0.25) is 5.91 Å². The lowest BCUT2D eigenvalue weighted by Gasteiger charge is -2.08. The smallest absolute Gasteiger partial charge is 0.224 e. The first-order valence-electron chi connectivity index (χ1n) is 4.80. The summed E-state index contributed by atoms with van der Waals surface area (Å²) in [4.78, 5) is 11.4. The summed E-state index contributed by atoms with van der Waals surface area (Å²) in [6.45, 7) is 1.97. The first kappa shape index (κ1) is 12.0. The van der Waals surface area contributed by atoms with Gasteiger partial charge >= 0.3 is 0 Å². The molecule has 0 saturated heterocycles. The van der Waals surface area contributed by atoms with Gasteiger partial charge in [-0.2, -0.15) is 0 Å². The first-order valence-corrected chi connectivity index (χ1v) is 5.60. The van der Waals surface area contributed by atoms with E-state index in [2.05, 4.69) is 21.2 Å². The Bertz CT molecular complexity index is 352. The Morgan fingerprint density at radius 2 is 2.27 bits per heavy atom. The SMILES string of the molecule is CCCC(=O)Nc1ccc(OC)cc1Br. The van der Waals surface area contributed by atoms with Crippen molar-refractivity contribution in [2.45, 2.75) is 19.8 Å². The fourth-order valence-corrected chi connectivity index (χ4v) is 1.62. The van der Waals surface area contributed by atoms with Crippen LogP contribution in [0, 0.1) is 0 Å². The van der Waals surface area contributed by atoms with Gasteiger partial charge in [-0.05, 0) is 40.5 Å². The maximum atomic E-state index is 11.4. The van der Waals surface area contributed by atoms with E-state index in [0.29, 0.717) is 6.42 Å². The summed E-state index contributed by atoms with van der Waals surface area (Å²) < 4.78 is 5.89. The summed E-state index contributed by atoms with van der Waals surface area (Å²) in [6.07, 6.45) is 1.39. The molecule has 0 atom stereocenters. The van der Waals surface area contributed by atoms with Crippen LogP contribution < -0.4 is 10.1 Å². The summed E-state index contributed by atoms with van der Waals surface area (Å²) in [5.41, 5.74) is 0.772. The summed E-state index contributed by atoms with van der Waals surface area (Å²) in [5.74, 6) is 0.790. The second-order valence-corrected chi connectivity index (χ2v) is 4.00. The minimum Gasteiger partial charge on any atom is -0.497 e. The fraction of sp³-hybridized carbons (Fsp3) is 0.364. The van der Waals surface area contributed by atoms with Crippen molar-refractivity contribution >= 4 is 27.5 Å². The molecule has 0 heterocycles. The molecule has 3 nitrogen and oxygen atoms in total. The molecular formula is C11H14BrNO2. The minimum atomic E-state index is 0.0309. The van der Waals surface area contributed by atoms with Gasteiger partial charge in [0.25, 0.3) is 0 Å². The van der Waals surface area contributed by atoms with E-state index in [0.717, 1.165) is 22.3 Å². The van der Waals surface area contributed by atoms with E-state index in [1.807, 2.05) is 25.1 Å². The van der Waals surface area contributed by atoms with E-state index in [1.54, 1.807) is 7.11 Å². The third-order valence-electron chi connectivity index (χ3n) is 1.93. The Morgan fingerprint density at radius 1 is 1.53 bits per heavy atom. The number of hydrogen-bond donors (Lipinski definition) is 1. The third kappa shape index (κ3) is 3.55. The molecule has 0 spiro atoms. The molecule has 0 unspecified atom stereocenters. The first-order chi connectivity index (χ1) is 7.17. The molecule has 0 aromatic heterocycles. The Balaban J connectivity index is 2.73. The average Bonchev–Trinajstić information content (AvgIpc) is 2.21. The number of hydrogen-bond acceptors (Lipinski definition) is 2. The van der Waals surface area contributed by atoms with E-state index in [-0.39, 0.29) is 5.91 Å². The molecule has 15 heavy (non-hydrogen) atoms. The van der Waals surface area contributed by atoms with Crippen LogP contribution in [-0.4, -0.2) is 13.0 Å². The number of carbonyl (C=O) groups excluding carboxylic acids is 1. The summed E-state index contributed by atoms with van der Waals surface area (Å²) >= 11 is 3.37. The van der Waals surface area contributed by atoms with E-state index in [1.165, 1.54) is 0 Å². The standard InChI is InChI=1S/C11H14BrNO2/c1-3-4-11(14)13-10-6-5-8(15-2)7-9(10)12/h5-7H,3-4H2,1-2H3,(H,13,14). The Labute approximate surface area is 97.9 Å². The molecule has 1 amide bonds. The van der Waals surface area contributed by atoms with Crippen LogP contribution in [0.15, 0.2) is 22.7 Å². The van der Waals surface area contributed by atoms with Gasteiger partial charge in [-0.3, -0.25) is 4.79 Å². The Morgan fingerprint density at radius 3 is 2.80 bits per heavy atom. The highest BCUT2D eigenvalue weighted by molar-refractivity contribution is 9.10. The zero-order valence-electron chi connectivity index (χ0n) is 8.84. The van der Waals surface area contributed by atoms with Crippen LogP contribution in [0.4, 0.5) is 5.69 Å². The van der Waals surface area contributed by atoms with Crippen LogP contribution in [0.2, 0.25) is 0 Å². The number of anilines is 1. The maximum Gasteiger partial charge on any atom is 0.224 e. The number of rotatable bonds is 4. The van der Waals surface area contributed by atoms with Gasteiger partial charge in [0, 0.05) is 10.9 Å². The molecular weight excluding hydrogens is 258 g/mol. The molecule has 0 aliphatic carbocycles. The molecule has 1 N–H and O–H groups in total. The van der Waals surface area contributed by atoms with Crippen LogP contribution in [0.1, 0.15) is 19.8 Å². The van der Waals surface area contributed by atoms with Crippen molar-refractivity contribution in [1.82, 2.24) is 0 Å². The topological polar surface area (TPSA) is 38.3 Å². The summed E-state index contributed by atoms with van der Waals surface area (Å²) in [7, 11) is 1.61. The molecule has 1 aromatic carbocycles. The molecule has 0 bridgehead atoms. The van der Waals surface area contributed by atoms with Crippen LogP contribution in [0.5, 0.6) is 5.75 Å². The minimum absolute atomic E-state index is 0.0309. The van der Waals surface area contributed by atoms with Crippen LogP contribution in [0.3, 0.4) is 0 Å². The average molecular weight is 272 g/mol. The number of methoxy groups -OCH3 is 1. The highest BCUT2D eigenvalue weighted by Crippen LogP contribution is 2.27. The highest BCUT2D eigenvalue weighted by atomic mass is 79.9. The summed E-state index contributed by atoms with van der Waals surface area (Å²) in [5, 5.41) is 2.82. The second-order valence-electron chi connectivity index (χ2n) is 3.14. The van der Waals surface area contributed by atoms with Crippen molar-refractivity contribution in [3.8, 4) is 5.75 Å². The van der Waals surface area contributed by atoms with Crippen LogP contribution in [-0.2, 0) is 4.79 Å². The number of carbonyl (C=O) groups is 1. The highest BCUT2D eigenvalue weighted by Gasteiger charge is 2.05. The van der Waals surface area contributed by atoms with Gasteiger partial charge in [0.1, 0.15) is 5.75 Å². The maximum absolute atomic E-state index is 11.4. The lowest BCUT2D eigenvalue weighted by Crippen LogP contribution is -2.10. The quantitative estimate of drug-likeness (QED) is 0.914. The number of halogens is 1. The molecule has 0 radical (unpaired) electrons. The van der Waals surface area contributed by atoms with Gasteiger partial charge in [0.05, 0.1) is 12.8 Å². The van der Waals surface area contributed by atoms with E-state index in [9.17, 15) is 4.79 Å². The molecule has 4 heteroatoms. The van der Waals surface area contributed by atoms with Crippen molar-refractivity contribution in [3.63, 3.8) is 0 Å². The molecule has 0 aliphatic rings. The monoisotopic (exact) mass is 271 g/mol. The largest absolute Gasteiger partial charge is 0.497 e. The van der Waals surface area contributed by atoms with Crippen molar-refractivity contribution in [3.05, 3.63) is 22.7 Å². The van der Waals surface area contributed by atoms with Crippen molar-refractivity contribution in [1.29, 1.82) is 0 Å². The molecule has 0 saturated carbocycles. The molecule has 1 rings (SSSR count). The van der Waals surface area contributed by atoms with Gasteiger partial charge in [0.15, 0.2) is 0 Å². The lowest BCUT2D eigenvalue weighted by atomic mass is 10.2. The second kappa shape index (κ2) is 5.75. The number of amides is 1. The molecule has 0 fully saturated rings. The van der Waals surface area contributed by atoms with Gasteiger partial charge in [-0.1, -0.05) is 6.92 Å². The normalized spacial score (nSPS) is 9.80. The van der Waals surface area contributed by atoms with Gasteiger partial charge in [-0.15, -0.1) is 0 Å². The number of nitrogens with one attached hydrogen (secondary N) is 1. The van der Waals surface area contributed by atoms with Crippen molar-refractivity contribution in [2.24, 2.45) is 0 Å². The predicted octanol–water partition coefficient (Wildman–Crippen LogP) is 3.20. The predicted molar refractivity (Wildman–Crippen MR) is 64.2 cm³/mol. The Kier molecular flexibility index (Phi) is 4.62. The van der Waals surface area contributed by atoms with E-state index in [4.69, 9.17) is 4.74 Å². The van der Waals surface area contributed by atoms with Crippen LogP contribution >= 0.6 is 15.9 Å². The van der Waals surface area contributed by atoms with Crippen molar-refractivity contribution in [2.75, 3.05) is 12.4 Å².